The van der Waals surface area contributed by atoms with E-state index >= 15 is 0 Å². The summed E-state index contributed by atoms with van der Waals surface area (Å²) in [5.41, 5.74) is 1.07. The number of aryl methyl sites for hydroxylation is 1. The van der Waals surface area contributed by atoms with Crippen LogP contribution in [0, 0.1) is 0 Å². The van der Waals surface area contributed by atoms with E-state index in [1.807, 2.05) is 13.1 Å². The van der Waals surface area contributed by atoms with Crippen LogP contribution >= 0.6 is 0 Å². The normalized spacial score (nSPS) is 10.5. The Balaban J connectivity index is 3.08. The van der Waals surface area contributed by atoms with E-state index in [4.69, 9.17) is 4.74 Å². The third-order valence-corrected chi connectivity index (χ3v) is 1.96. The maximum Gasteiger partial charge on any atom is 0.219 e. The van der Waals surface area contributed by atoms with Gasteiger partial charge in [0.05, 0.1) is 7.11 Å². The number of ether oxygens (including phenoxy) is 1. The van der Waals surface area contributed by atoms with E-state index in [1.54, 1.807) is 7.11 Å². The zero-order valence-corrected chi connectivity index (χ0v) is 8.66. The van der Waals surface area contributed by atoms with Crippen molar-refractivity contribution in [3.05, 3.63) is 17.6 Å². The topological polar surface area (TPSA) is 35.0 Å². The van der Waals surface area contributed by atoms with Gasteiger partial charge in [0.25, 0.3) is 0 Å². The number of aromatic nitrogens is 2. The summed E-state index contributed by atoms with van der Waals surface area (Å²) in [6.45, 7) is 6.24. The predicted molar refractivity (Wildman–Crippen MR) is 52.1 cm³/mol. The first-order valence-corrected chi connectivity index (χ1v) is 4.58. The molecule has 0 unspecified atom stereocenters. The van der Waals surface area contributed by atoms with Crippen LogP contribution in [0.5, 0.6) is 5.88 Å². The largest absolute Gasteiger partial charge is 0.481 e. The van der Waals surface area contributed by atoms with Gasteiger partial charge in [0.2, 0.25) is 5.88 Å². The molecule has 0 aromatic carbocycles. The van der Waals surface area contributed by atoms with Gasteiger partial charge in [-0.15, -0.1) is 0 Å². The highest BCUT2D eigenvalue weighted by molar-refractivity contribution is 5.26. The second-order valence-electron chi connectivity index (χ2n) is 3.26. The maximum atomic E-state index is 5.20. The van der Waals surface area contributed by atoms with Gasteiger partial charge >= 0.3 is 0 Å². The van der Waals surface area contributed by atoms with E-state index in [0.29, 0.717) is 11.8 Å². The first-order chi connectivity index (χ1) is 6.19. The maximum absolute atomic E-state index is 5.20. The lowest BCUT2D eigenvalue weighted by Crippen LogP contribution is -2.02. The van der Waals surface area contributed by atoms with Crippen LogP contribution in [0.4, 0.5) is 0 Å². The smallest absolute Gasteiger partial charge is 0.219 e. The molecule has 0 amide bonds. The quantitative estimate of drug-likeness (QED) is 0.715. The van der Waals surface area contributed by atoms with Crippen molar-refractivity contribution in [1.29, 1.82) is 0 Å². The van der Waals surface area contributed by atoms with Gasteiger partial charge in [-0.1, -0.05) is 20.8 Å². The fourth-order valence-electron chi connectivity index (χ4n) is 1.14. The molecule has 0 aliphatic rings. The monoisotopic (exact) mass is 180 g/mol. The Labute approximate surface area is 79.2 Å². The lowest BCUT2D eigenvalue weighted by Gasteiger charge is -2.10. The predicted octanol–water partition coefficient (Wildman–Crippen LogP) is 2.17. The van der Waals surface area contributed by atoms with E-state index in [-0.39, 0.29) is 0 Å². The minimum absolute atomic E-state index is 0.404. The Morgan fingerprint density at radius 1 is 1.46 bits per heavy atom. The molecule has 0 aliphatic heterocycles. The Kier molecular flexibility index (Phi) is 3.23. The van der Waals surface area contributed by atoms with E-state index in [2.05, 4.69) is 23.8 Å². The second-order valence-corrected chi connectivity index (χ2v) is 3.26. The van der Waals surface area contributed by atoms with Gasteiger partial charge in [-0.25, -0.2) is 4.98 Å². The summed E-state index contributed by atoms with van der Waals surface area (Å²) in [7, 11) is 1.65. The second kappa shape index (κ2) is 4.21. The van der Waals surface area contributed by atoms with Gasteiger partial charge in [-0.05, 0) is 5.92 Å². The minimum Gasteiger partial charge on any atom is -0.481 e. The van der Waals surface area contributed by atoms with Crippen LogP contribution in [0.3, 0.4) is 0 Å². The lowest BCUT2D eigenvalue weighted by atomic mass is 10.1. The molecule has 0 spiro atoms. The summed E-state index contributed by atoms with van der Waals surface area (Å²) in [6.07, 6.45) is 2.70. The molecule has 72 valence electrons. The molecular formula is C10H16N2O. The summed E-state index contributed by atoms with van der Waals surface area (Å²) in [5, 5.41) is 0. The van der Waals surface area contributed by atoms with Crippen molar-refractivity contribution < 1.29 is 4.74 Å². The van der Waals surface area contributed by atoms with Crippen LogP contribution in [0.15, 0.2) is 6.20 Å². The van der Waals surface area contributed by atoms with Crippen molar-refractivity contribution >= 4 is 0 Å². The molecule has 1 aromatic heterocycles. The van der Waals surface area contributed by atoms with Crippen molar-refractivity contribution in [2.24, 2.45) is 0 Å². The highest BCUT2D eigenvalue weighted by Gasteiger charge is 2.09. The van der Waals surface area contributed by atoms with E-state index in [0.717, 1.165) is 17.8 Å². The van der Waals surface area contributed by atoms with Gasteiger partial charge in [-0.2, -0.15) is 4.98 Å². The molecule has 13 heavy (non-hydrogen) atoms. The molecule has 3 heteroatoms. The molecule has 1 heterocycles. The summed E-state index contributed by atoms with van der Waals surface area (Å²) < 4.78 is 5.20. The SMILES string of the molecule is CCc1ncc(C(C)C)c(OC)n1. The molecule has 0 saturated carbocycles. The van der Waals surface area contributed by atoms with Gasteiger partial charge in [0.1, 0.15) is 5.82 Å². The van der Waals surface area contributed by atoms with Crippen LogP contribution in [-0.4, -0.2) is 17.1 Å². The first kappa shape index (κ1) is 9.96. The molecule has 1 aromatic rings. The Bertz CT molecular complexity index is 284. The molecule has 0 saturated heterocycles. The van der Waals surface area contributed by atoms with Gasteiger partial charge in [-0.3, -0.25) is 0 Å². The summed E-state index contributed by atoms with van der Waals surface area (Å²) in [6, 6.07) is 0. The van der Waals surface area contributed by atoms with Crippen LogP contribution in [0.25, 0.3) is 0 Å². The third-order valence-electron chi connectivity index (χ3n) is 1.96. The Morgan fingerprint density at radius 3 is 2.62 bits per heavy atom. The van der Waals surface area contributed by atoms with Gasteiger partial charge < -0.3 is 4.74 Å². The molecule has 0 aliphatic carbocycles. The summed E-state index contributed by atoms with van der Waals surface area (Å²) in [4.78, 5) is 8.53. The fourth-order valence-corrected chi connectivity index (χ4v) is 1.14. The van der Waals surface area contributed by atoms with Crippen LogP contribution in [0.1, 0.15) is 38.1 Å². The molecule has 0 atom stereocenters. The third kappa shape index (κ3) is 2.17. The van der Waals surface area contributed by atoms with Crippen LogP contribution < -0.4 is 4.74 Å². The molecule has 1 rings (SSSR count). The molecule has 3 nitrogen and oxygen atoms in total. The average Bonchev–Trinajstić information content (AvgIpc) is 2.16. The van der Waals surface area contributed by atoms with Crippen LogP contribution in [-0.2, 0) is 6.42 Å². The number of hydrogen-bond acceptors (Lipinski definition) is 3. The number of nitrogens with zero attached hydrogens (tertiary/aromatic N) is 2. The number of rotatable bonds is 3. The van der Waals surface area contributed by atoms with E-state index in [1.165, 1.54) is 0 Å². The van der Waals surface area contributed by atoms with Gasteiger partial charge in [0.15, 0.2) is 0 Å². The molecule has 0 N–H and O–H groups in total. The van der Waals surface area contributed by atoms with Crippen molar-refractivity contribution in [2.75, 3.05) is 7.11 Å². The lowest BCUT2D eigenvalue weighted by molar-refractivity contribution is 0.387. The fraction of sp³-hybridized carbons (Fsp3) is 0.600. The Hall–Kier alpha value is -1.12. The number of hydrogen-bond donors (Lipinski definition) is 0. The highest BCUT2D eigenvalue weighted by atomic mass is 16.5. The molecule has 0 radical (unpaired) electrons. The standard InChI is InChI=1S/C10H16N2O/c1-5-9-11-6-8(7(2)3)10(12-9)13-4/h6-7H,5H2,1-4H3. The number of methoxy groups -OCH3 is 1. The Morgan fingerprint density at radius 2 is 2.15 bits per heavy atom. The average molecular weight is 180 g/mol. The van der Waals surface area contributed by atoms with Crippen molar-refractivity contribution in [3.63, 3.8) is 0 Å². The summed E-state index contributed by atoms with van der Waals surface area (Å²) >= 11 is 0. The zero-order valence-electron chi connectivity index (χ0n) is 8.66. The molecule has 0 fully saturated rings. The molecular weight excluding hydrogens is 164 g/mol. The van der Waals surface area contributed by atoms with Crippen molar-refractivity contribution in [1.82, 2.24) is 9.97 Å². The zero-order chi connectivity index (χ0) is 9.84. The summed E-state index contributed by atoms with van der Waals surface area (Å²) in [5.74, 6) is 1.95. The van der Waals surface area contributed by atoms with Crippen molar-refractivity contribution in [3.8, 4) is 5.88 Å². The minimum atomic E-state index is 0.404. The molecule has 0 bridgehead atoms. The van der Waals surface area contributed by atoms with Gasteiger partial charge in [0, 0.05) is 18.2 Å². The van der Waals surface area contributed by atoms with Crippen LogP contribution in [0.2, 0.25) is 0 Å². The van der Waals surface area contributed by atoms with E-state index < -0.39 is 0 Å². The highest BCUT2D eigenvalue weighted by Crippen LogP contribution is 2.22. The first-order valence-electron chi connectivity index (χ1n) is 4.58. The van der Waals surface area contributed by atoms with E-state index in [9.17, 15) is 0 Å². The van der Waals surface area contributed by atoms with Crippen molar-refractivity contribution in [2.45, 2.75) is 33.1 Å².